The highest BCUT2D eigenvalue weighted by atomic mass is 19.1. The van der Waals surface area contributed by atoms with Gasteiger partial charge in [0.05, 0.1) is 5.56 Å². The molecule has 0 bridgehead atoms. The predicted molar refractivity (Wildman–Crippen MR) is 92.6 cm³/mol. The van der Waals surface area contributed by atoms with Crippen LogP contribution in [0.25, 0.3) is 0 Å². The first kappa shape index (κ1) is 17.7. The van der Waals surface area contributed by atoms with Gasteiger partial charge in [0.1, 0.15) is 17.3 Å². The number of piperidine rings is 1. The number of halogens is 1. The summed E-state index contributed by atoms with van der Waals surface area (Å²) in [6.45, 7) is 0.828. The van der Waals surface area contributed by atoms with Crippen molar-refractivity contribution in [3.63, 3.8) is 0 Å². The van der Waals surface area contributed by atoms with Crippen LogP contribution in [0, 0.1) is 5.82 Å². The molecule has 26 heavy (non-hydrogen) atoms. The van der Waals surface area contributed by atoms with Crippen LogP contribution in [0.4, 0.5) is 4.39 Å². The minimum Gasteiger partial charge on any atom is -0.508 e. The van der Waals surface area contributed by atoms with E-state index in [-0.39, 0.29) is 34.6 Å². The van der Waals surface area contributed by atoms with Crippen LogP contribution in [-0.2, 0) is 0 Å². The Hall–Kier alpha value is -3.09. The van der Waals surface area contributed by atoms with Gasteiger partial charge in [0.2, 0.25) is 0 Å². The van der Waals surface area contributed by atoms with Crippen molar-refractivity contribution in [2.45, 2.75) is 18.9 Å². The number of likely N-dealkylation sites (tertiary alicyclic amines) is 1. The third-order valence-electron chi connectivity index (χ3n) is 4.39. The molecular formula is C19H19FN2O4. The van der Waals surface area contributed by atoms with Gasteiger partial charge in [0.25, 0.3) is 11.8 Å². The maximum Gasteiger partial charge on any atom is 0.254 e. The van der Waals surface area contributed by atoms with Crippen molar-refractivity contribution in [2.24, 2.45) is 0 Å². The second-order valence-corrected chi connectivity index (χ2v) is 6.26. The third-order valence-corrected chi connectivity index (χ3v) is 4.39. The SMILES string of the molecule is O=C(NC1CCN(C(=O)c2cc(O)cc(O)c2)CC1)c1ccccc1F. The summed E-state index contributed by atoms with van der Waals surface area (Å²) in [4.78, 5) is 26.2. The molecule has 0 radical (unpaired) electrons. The molecule has 2 aromatic rings. The van der Waals surface area contributed by atoms with Crippen molar-refractivity contribution in [3.8, 4) is 11.5 Å². The Morgan fingerprint density at radius 2 is 1.65 bits per heavy atom. The number of carbonyl (C=O) groups excluding carboxylic acids is 2. The summed E-state index contributed by atoms with van der Waals surface area (Å²) in [7, 11) is 0. The summed E-state index contributed by atoms with van der Waals surface area (Å²) in [5.41, 5.74) is 0.206. The fourth-order valence-corrected chi connectivity index (χ4v) is 3.04. The molecule has 0 atom stereocenters. The van der Waals surface area contributed by atoms with Gasteiger partial charge in [0.15, 0.2) is 0 Å². The van der Waals surface area contributed by atoms with E-state index < -0.39 is 11.7 Å². The summed E-state index contributed by atoms with van der Waals surface area (Å²) < 4.78 is 13.7. The molecule has 0 unspecified atom stereocenters. The molecule has 2 amide bonds. The van der Waals surface area contributed by atoms with Crippen molar-refractivity contribution in [2.75, 3.05) is 13.1 Å². The molecule has 0 aliphatic carbocycles. The Kier molecular flexibility index (Phi) is 5.06. The molecule has 1 aliphatic heterocycles. The van der Waals surface area contributed by atoms with Gasteiger partial charge in [0, 0.05) is 30.8 Å². The van der Waals surface area contributed by atoms with Crippen LogP contribution in [0.1, 0.15) is 33.6 Å². The first-order valence-corrected chi connectivity index (χ1v) is 8.32. The molecule has 0 aromatic heterocycles. The van der Waals surface area contributed by atoms with Crippen LogP contribution in [0.2, 0.25) is 0 Å². The lowest BCUT2D eigenvalue weighted by molar-refractivity contribution is 0.0697. The van der Waals surface area contributed by atoms with Gasteiger partial charge in [-0.25, -0.2) is 4.39 Å². The van der Waals surface area contributed by atoms with Crippen LogP contribution in [0.3, 0.4) is 0 Å². The average molecular weight is 358 g/mol. The summed E-state index contributed by atoms with van der Waals surface area (Å²) >= 11 is 0. The minimum absolute atomic E-state index is 0.00115. The Morgan fingerprint density at radius 1 is 1.04 bits per heavy atom. The lowest BCUT2D eigenvalue weighted by Crippen LogP contribution is -2.46. The first-order chi connectivity index (χ1) is 12.4. The summed E-state index contributed by atoms with van der Waals surface area (Å²) in [6, 6.07) is 9.39. The van der Waals surface area contributed by atoms with E-state index in [0.717, 1.165) is 6.07 Å². The molecule has 3 rings (SSSR count). The number of amides is 2. The molecule has 7 heteroatoms. The maximum atomic E-state index is 13.7. The van der Waals surface area contributed by atoms with Crippen LogP contribution in [0.15, 0.2) is 42.5 Å². The number of hydrogen-bond donors (Lipinski definition) is 3. The molecule has 1 saturated heterocycles. The van der Waals surface area contributed by atoms with E-state index >= 15 is 0 Å². The molecule has 1 aliphatic rings. The maximum absolute atomic E-state index is 13.7. The molecular weight excluding hydrogens is 339 g/mol. The van der Waals surface area contributed by atoms with E-state index in [4.69, 9.17) is 0 Å². The Labute approximate surface area is 149 Å². The summed E-state index contributed by atoms with van der Waals surface area (Å²) in [5.74, 6) is -1.69. The molecule has 1 heterocycles. The largest absolute Gasteiger partial charge is 0.508 e. The molecule has 136 valence electrons. The average Bonchev–Trinajstić information content (AvgIpc) is 2.61. The van der Waals surface area contributed by atoms with Gasteiger partial charge in [-0.3, -0.25) is 9.59 Å². The van der Waals surface area contributed by atoms with E-state index in [1.54, 1.807) is 11.0 Å². The normalized spacial score (nSPS) is 14.9. The van der Waals surface area contributed by atoms with Crippen molar-refractivity contribution in [3.05, 3.63) is 59.4 Å². The second kappa shape index (κ2) is 7.43. The monoisotopic (exact) mass is 358 g/mol. The second-order valence-electron chi connectivity index (χ2n) is 6.26. The quantitative estimate of drug-likeness (QED) is 0.785. The van der Waals surface area contributed by atoms with Crippen molar-refractivity contribution >= 4 is 11.8 Å². The smallest absolute Gasteiger partial charge is 0.254 e. The van der Waals surface area contributed by atoms with Crippen LogP contribution in [0.5, 0.6) is 11.5 Å². The van der Waals surface area contributed by atoms with Crippen molar-refractivity contribution < 1.29 is 24.2 Å². The third kappa shape index (κ3) is 3.93. The number of phenolic OH excluding ortho intramolecular Hbond substituents is 2. The Morgan fingerprint density at radius 3 is 2.27 bits per heavy atom. The number of carbonyl (C=O) groups is 2. The van der Waals surface area contributed by atoms with E-state index in [1.165, 1.54) is 30.3 Å². The van der Waals surface area contributed by atoms with Crippen molar-refractivity contribution in [1.29, 1.82) is 0 Å². The fourth-order valence-electron chi connectivity index (χ4n) is 3.04. The van der Waals surface area contributed by atoms with Crippen LogP contribution < -0.4 is 5.32 Å². The molecule has 0 spiro atoms. The van der Waals surface area contributed by atoms with Crippen LogP contribution >= 0.6 is 0 Å². The summed E-state index contributed by atoms with van der Waals surface area (Å²) in [6.07, 6.45) is 1.08. The molecule has 6 nitrogen and oxygen atoms in total. The highest BCUT2D eigenvalue weighted by Crippen LogP contribution is 2.23. The number of nitrogens with one attached hydrogen (secondary N) is 1. The van der Waals surface area contributed by atoms with Gasteiger partial charge in [-0.2, -0.15) is 0 Å². The molecule has 1 fully saturated rings. The van der Waals surface area contributed by atoms with Gasteiger partial charge < -0.3 is 20.4 Å². The lowest BCUT2D eigenvalue weighted by atomic mass is 10.0. The van der Waals surface area contributed by atoms with Gasteiger partial charge in [-0.1, -0.05) is 12.1 Å². The summed E-state index contributed by atoms with van der Waals surface area (Å²) in [5, 5.41) is 21.8. The standard InChI is InChI=1S/C19H19FN2O4/c20-17-4-2-1-3-16(17)18(25)21-13-5-7-22(8-6-13)19(26)12-9-14(23)11-15(24)10-12/h1-4,9-11,13,23-24H,5-8H2,(H,21,25). The minimum atomic E-state index is -0.568. The van der Waals surface area contributed by atoms with Crippen LogP contribution in [-0.4, -0.2) is 46.1 Å². The highest BCUT2D eigenvalue weighted by molar-refractivity contribution is 5.95. The first-order valence-electron chi connectivity index (χ1n) is 8.32. The number of benzene rings is 2. The van der Waals surface area contributed by atoms with Gasteiger partial charge in [-0.15, -0.1) is 0 Å². The van der Waals surface area contributed by atoms with E-state index in [9.17, 15) is 24.2 Å². The zero-order chi connectivity index (χ0) is 18.7. The number of hydrogen-bond acceptors (Lipinski definition) is 4. The van der Waals surface area contributed by atoms with E-state index in [0.29, 0.717) is 25.9 Å². The molecule has 0 saturated carbocycles. The Balaban J connectivity index is 1.58. The lowest BCUT2D eigenvalue weighted by Gasteiger charge is -2.32. The fraction of sp³-hybridized carbons (Fsp3) is 0.263. The highest BCUT2D eigenvalue weighted by Gasteiger charge is 2.26. The molecule has 2 aromatic carbocycles. The Bertz CT molecular complexity index is 812. The number of rotatable bonds is 3. The zero-order valence-corrected chi connectivity index (χ0v) is 14.0. The van der Waals surface area contributed by atoms with Gasteiger partial charge >= 0.3 is 0 Å². The predicted octanol–water partition coefficient (Wildman–Crippen LogP) is 2.27. The zero-order valence-electron chi connectivity index (χ0n) is 14.0. The molecule has 3 N–H and O–H groups in total. The van der Waals surface area contributed by atoms with E-state index in [1.807, 2.05) is 0 Å². The topological polar surface area (TPSA) is 89.9 Å². The van der Waals surface area contributed by atoms with Gasteiger partial charge in [-0.05, 0) is 37.1 Å². The van der Waals surface area contributed by atoms with E-state index in [2.05, 4.69) is 5.32 Å². The number of aromatic hydroxyl groups is 2. The number of phenols is 2. The van der Waals surface area contributed by atoms with Crippen molar-refractivity contribution in [1.82, 2.24) is 10.2 Å². The number of nitrogens with zero attached hydrogens (tertiary/aromatic N) is 1.